The average Bonchev–Trinajstić information content (AvgIpc) is 2.27. The summed E-state index contributed by atoms with van der Waals surface area (Å²) < 4.78 is 0. The van der Waals surface area contributed by atoms with Crippen molar-refractivity contribution < 1.29 is 0 Å². The van der Waals surface area contributed by atoms with Crippen molar-refractivity contribution in [2.75, 3.05) is 5.75 Å². The van der Waals surface area contributed by atoms with Crippen LogP contribution in [0.4, 0.5) is 0 Å². The van der Waals surface area contributed by atoms with Crippen LogP contribution in [0.2, 0.25) is 0 Å². The number of amidine groups is 1. The Morgan fingerprint density at radius 1 is 1.44 bits per heavy atom. The number of rotatable bonds is 2. The Bertz CT molecular complexity index is 373. The minimum Gasteiger partial charge on any atom is -0.360 e. The molecule has 0 aromatic carbocycles. The summed E-state index contributed by atoms with van der Waals surface area (Å²) in [7, 11) is 0. The Labute approximate surface area is 101 Å². The van der Waals surface area contributed by atoms with Crippen LogP contribution in [0.3, 0.4) is 0 Å². The van der Waals surface area contributed by atoms with E-state index < -0.39 is 0 Å². The maximum atomic E-state index is 4.59. The molecule has 0 radical (unpaired) electrons. The zero-order valence-corrected chi connectivity index (χ0v) is 10.5. The molecule has 4 heteroatoms. The van der Waals surface area contributed by atoms with Gasteiger partial charge < -0.3 is 5.32 Å². The highest BCUT2D eigenvalue weighted by Gasteiger charge is 2.23. The van der Waals surface area contributed by atoms with Gasteiger partial charge in [-0.05, 0) is 38.0 Å². The van der Waals surface area contributed by atoms with Crippen LogP contribution in [0, 0.1) is 0 Å². The Kier molecular flexibility index (Phi) is 3.49. The van der Waals surface area contributed by atoms with Crippen molar-refractivity contribution >= 4 is 16.9 Å². The van der Waals surface area contributed by atoms with Crippen LogP contribution in [0.5, 0.6) is 0 Å². The number of hydrogen-bond acceptors (Lipinski definition) is 3. The highest BCUT2D eigenvalue weighted by Crippen LogP contribution is 2.21. The summed E-state index contributed by atoms with van der Waals surface area (Å²) >= 11 is 1.81. The molecule has 0 aliphatic carbocycles. The molecule has 1 aliphatic rings. The van der Waals surface area contributed by atoms with Crippen LogP contribution in [0.1, 0.15) is 25.8 Å². The third kappa shape index (κ3) is 3.23. The summed E-state index contributed by atoms with van der Waals surface area (Å²) in [5, 5.41) is 4.52. The second kappa shape index (κ2) is 4.87. The molecule has 1 saturated heterocycles. The van der Waals surface area contributed by atoms with Crippen molar-refractivity contribution in [2.24, 2.45) is 4.99 Å². The predicted octanol–water partition coefficient (Wildman–Crippen LogP) is 2.44. The lowest BCUT2D eigenvalue weighted by atomic mass is 10.0. The Hall–Kier alpha value is -1.03. The largest absolute Gasteiger partial charge is 0.360 e. The maximum Gasteiger partial charge on any atom is 0.157 e. The average molecular weight is 235 g/mol. The summed E-state index contributed by atoms with van der Waals surface area (Å²) in [5.74, 6) is 1.15. The molecular weight excluding hydrogens is 218 g/mol. The molecule has 2 rings (SSSR count). The first-order valence-corrected chi connectivity index (χ1v) is 6.49. The molecule has 3 nitrogen and oxygen atoms in total. The molecule has 1 aliphatic heterocycles. The molecule has 1 fully saturated rings. The van der Waals surface area contributed by atoms with Crippen molar-refractivity contribution in [3.63, 3.8) is 0 Å². The van der Waals surface area contributed by atoms with Gasteiger partial charge in [0.1, 0.15) is 0 Å². The van der Waals surface area contributed by atoms with Gasteiger partial charge in [-0.25, -0.2) is 0 Å². The lowest BCUT2D eigenvalue weighted by Crippen LogP contribution is -2.46. The Balaban J connectivity index is 1.97. The van der Waals surface area contributed by atoms with E-state index in [1.807, 2.05) is 23.9 Å². The van der Waals surface area contributed by atoms with E-state index in [1.165, 1.54) is 12.0 Å². The van der Waals surface area contributed by atoms with E-state index in [9.17, 15) is 0 Å². The van der Waals surface area contributed by atoms with Gasteiger partial charge in [-0.3, -0.25) is 9.98 Å². The molecule has 0 bridgehead atoms. The number of aliphatic imine (C=N–C) groups is 1. The molecule has 0 atom stereocenters. The lowest BCUT2D eigenvalue weighted by molar-refractivity contribution is 0.446. The van der Waals surface area contributed by atoms with Crippen molar-refractivity contribution in [3.8, 4) is 0 Å². The standard InChI is InChI=1S/C12H17N3S/c1-12(2)5-8-16-11(15-12)14-9-10-3-6-13-7-4-10/h3-4,6-7H,5,8-9H2,1-2H3,(H,14,15). The van der Waals surface area contributed by atoms with Gasteiger partial charge in [0.15, 0.2) is 5.17 Å². The first-order valence-electron chi connectivity index (χ1n) is 5.50. The predicted molar refractivity (Wildman–Crippen MR) is 69.7 cm³/mol. The van der Waals surface area contributed by atoms with E-state index >= 15 is 0 Å². The van der Waals surface area contributed by atoms with Crippen LogP contribution < -0.4 is 5.32 Å². The highest BCUT2D eigenvalue weighted by atomic mass is 32.2. The van der Waals surface area contributed by atoms with Gasteiger partial charge in [0.2, 0.25) is 0 Å². The van der Waals surface area contributed by atoms with Gasteiger partial charge in [0.05, 0.1) is 6.54 Å². The fourth-order valence-corrected chi connectivity index (χ4v) is 2.84. The number of hydrogen-bond donors (Lipinski definition) is 1. The molecule has 16 heavy (non-hydrogen) atoms. The quantitative estimate of drug-likeness (QED) is 0.855. The highest BCUT2D eigenvalue weighted by molar-refractivity contribution is 8.13. The van der Waals surface area contributed by atoms with E-state index in [0.717, 1.165) is 17.5 Å². The first kappa shape index (κ1) is 11.5. The second-order valence-electron chi connectivity index (χ2n) is 4.58. The molecule has 0 unspecified atom stereocenters. The van der Waals surface area contributed by atoms with E-state index in [2.05, 4.69) is 29.1 Å². The second-order valence-corrected chi connectivity index (χ2v) is 5.67. The molecule has 0 spiro atoms. The third-order valence-corrected chi connectivity index (χ3v) is 3.48. The fourth-order valence-electron chi connectivity index (χ4n) is 1.53. The zero-order chi connectivity index (χ0) is 11.4. The summed E-state index contributed by atoms with van der Waals surface area (Å²) in [5.41, 5.74) is 1.38. The van der Waals surface area contributed by atoms with Crippen LogP contribution in [-0.2, 0) is 6.54 Å². The molecule has 0 saturated carbocycles. The molecule has 86 valence electrons. The maximum absolute atomic E-state index is 4.59. The van der Waals surface area contributed by atoms with Crippen molar-refractivity contribution in [1.82, 2.24) is 10.3 Å². The van der Waals surface area contributed by atoms with E-state index in [0.29, 0.717) is 0 Å². The van der Waals surface area contributed by atoms with Gasteiger partial charge in [-0.15, -0.1) is 0 Å². The minimum absolute atomic E-state index is 0.183. The van der Waals surface area contributed by atoms with Gasteiger partial charge in [0, 0.05) is 23.7 Å². The number of nitrogens with zero attached hydrogens (tertiary/aromatic N) is 2. The van der Waals surface area contributed by atoms with Crippen LogP contribution in [0.15, 0.2) is 29.5 Å². The number of nitrogens with one attached hydrogen (secondary N) is 1. The Morgan fingerprint density at radius 3 is 2.88 bits per heavy atom. The van der Waals surface area contributed by atoms with E-state index in [-0.39, 0.29) is 5.54 Å². The summed E-state index contributed by atoms with van der Waals surface area (Å²) in [6, 6.07) is 4.01. The molecule has 0 amide bonds. The van der Waals surface area contributed by atoms with Crippen molar-refractivity contribution in [1.29, 1.82) is 0 Å². The molecule has 2 heterocycles. The molecule has 1 aromatic heterocycles. The number of aromatic nitrogens is 1. The number of pyridine rings is 1. The van der Waals surface area contributed by atoms with Crippen LogP contribution >= 0.6 is 11.8 Å². The zero-order valence-electron chi connectivity index (χ0n) is 9.73. The minimum atomic E-state index is 0.183. The summed E-state index contributed by atoms with van der Waals surface area (Å²) in [4.78, 5) is 8.58. The molecule has 1 aromatic rings. The third-order valence-electron chi connectivity index (χ3n) is 2.57. The van der Waals surface area contributed by atoms with Gasteiger partial charge >= 0.3 is 0 Å². The summed E-state index contributed by atoms with van der Waals surface area (Å²) in [6.45, 7) is 5.16. The van der Waals surface area contributed by atoms with Crippen molar-refractivity contribution in [2.45, 2.75) is 32.4 Å². The van der Waals surface area contributed by atoms with E-state index in [4.69, 9.17) is 0 Å². The van der Waals surface area contributed by atoms with Crippen LogP contribution in [-0.4, -0.2) is 21.4 Å². The summed E-state index contributed by atoms with van der Waals surface area (Å²) in [6.07, 6.45) is 4.80. The van der Waals surface area contributed by atoms with Crippen LogP contribution in [0.25, 0.3) is 0 Å². The molecule has 1 N–H and O–H groups in total. The van der Waals surface area contributed by atoms with Gasteiger partial charge in [-0.1, -0.05) is 11.8 Å². The smallest absolute Gasteiger partial charge is 0.157 e. The fraction of sp³-hybridized carbons (Fsp3) is 0.500. The monoisotopic (exact) mass is 235 g/mol. The lowest BCUT2D eigenvalue weighted by Gasteiger charge is -2.32. The van der Waals surface area contributed by atoms with E-state index in [1.54, 1.807) is 12.4 Å². The first-order chi connectivity index (χ1) is 7.66. The Morgan fingerprint density at radius 2 is 2.19 bits per heavy atom. The topological polar surface area (TPSA) is 37.3 Å². The van der Waals surface area contributed by atoms with Gasteiger partial charge in [-0.2, -0.15) is 0 Å². The molecular formula is C12H17N3S. The number of thioether (sulfide) groups is 1. The van der Waals surface area contributed by atoms with Crippen molar-refractivity contribution in [3.05, 3.63) is 30.1 Å². The van der Waals surface area contributed by atoms with Gasteiger partial charge in [0.25, 0.3) is 0 Å². The normalized spacial score (nSPS) is 21.8. The SMILES string of the molecule is CC1(C)CCSC(=NCc2ccncc2)N1.